The molecule has 2 aromatic carbocycles. The van der Waals surface area contributed by atoms with Gasteiger partial charge in [-0.05, 0) is 34.9 Å². The number of para-hydroxylation sites is 1. The summed E-state index contributed by atoms with van der Waals surface area (Å²) in [5, 5.41) is 4.45. The quantitative estimate of drug-likeness (QED) is 0.312. The molecule has 0 atom stereocenters. The summed E-state index contributed by atoms with van der Waals surface area (Å²) in [5.74, 6) is 0.657. The van der Waals surface area contributed by atoms with Crippen LogP contribution in [-0.2, 0) is 6.54 Å². The van der Waals surface area contributed by atoms with Crippen LogP contribution in [0.15, 0.2) is 62.9 Å². The average molecular weight is 307 g/mol. The van der Waals surface area contributed by atoms with E-state index in [1.165, 1.54) is 6.07 Å². The SMILES string of the molecule is COc1ccc(-c2cc(=O)oc3ccccc23)c(CN=[N+]=[N-])c1. The van der Waals surface area contributed by atoms with E-state index in [1.807, 2.05) is 24.3 Å². The van der Waals surface area contributed by atoms with E-state index in [0.29, 0.717) is 11.3 Å². The smallest absolute Gasteiger partial charge is 0.336 e. The van der Waals surface area contributed by atoms with Crippen LogP contribution in [0.1, 0.15) is 5.56 Å². The van der Waals surface area contributed by atoms with Crippen molar-refractivity contribution in [2.75, 3.05) is 7.11 Å². The Balaban J connectivity index is 2.29. The van der Waals surface area contributed by atoms with Gasteiger partial charge in [0.1, 0.15) is 11.3 Å². The molecule has 0 N–H and O–H groups in total. The summed E-state index contributed by atoms with van der Waals surface area (Å²) in [6.45, 7) is 0.164. The summed E-state index contributed by atoms with van der Waals surface area (Å²) in [7, 11) is 1.57. The van der Waals surface area contributed by atoms with Crippen LogP contribution in [0.3, 0.4) is 0 Å². The number of methoxy groups -OCH3 is 1. The van der Waals surface area contributed by atoms with Gasteiger partial charge in [0.25, 0.3) is 0 Å². The highest BCUT2D eigenvalue weighted by Gasteiger charge is 2.12. The molecule has 0 fully saturated rings. The number of fused-ring (bicyclic) bond motifs is 1. The third kappa shape index (κ3) is 2.88. The molecule has 0 amide bonds. The lowest BCUT2D eigenvalue weighted by molar-refractivity contribution is 0.414. The number of ether oxygens (including phenoxy) is 1. The monoisotopic (exact) mass is 307 g/mol. The molecule has 3 aromatic rings. The minimum Gasteiger partial charge on any atom is -0.497 e. The average Bonchev–Trinajstić information content (AvgIpc) is 2.59. The summed E-state index contributed by atoms with van der Waals surface area (Å²) in [4.78, 5) is 14.7. The Hall–Kier alpha value is -3.24. The maximum absolute atomic E-state index is 11.9. The van der Waals surface area contributed by atoms with Crippen LogP contribution in [0.25, 0.3) is 32.5 Å². The Bertz CT molecular complexity index is 972. The van der Waals surface area contributed by atoms with Gasteiger partial charge in [0.05, 0.1) is 13.7 Å². The molecule has 0 bridgehead atoms. The molecule has 6 heteroatoms. The molecule has 23 heavy (non-hydrogen) atoms. The molecule has 0 saturated carbocycles. The molecule has 1 aromatic heterocycles. The van der Waals surface area contributed by atoms with Gasteiger partial charge in [0.2, 0.25) is 0 Å². The van der Waals surface area contributed by atoms with Gasteiger partial charge in [-0.25, -0.2) is 4.79 Å². The van der Waals surface area contributed by atoms with Crippen LogP contribution in [0.2, 0.25) is 0 Å². The Morgan fingerprint density at radius 2 is 2.00 bits per heavy atom. The summed E-state index contributed by atoms with van der Waals surface area (Å²) >= 11 is 0. The van der Waals surface area contributed by atoms with E-state index in [-0.39, 0.29) is 6.54 Å². The van der Waals surface area contributed by atoms with Gasteiger partial charge in [-0.15, -0.1) is 0 Å². The van der Waals surface area contributed by atoms with E-state index < -0.39 is 5.63 Å². The Morgan fingerprint density at radius 1 is 1.17 bits per heavy atom. The molecule has 0 aliphatic heterocycles. The van der Waals surface area contributed by atoms with Crippen molar-refractivity contribution in [3.8, 4) is 16.9 Å². The number of hydrogen-bond acceptors (Lipinski definition) is 4. The summed E-state index contributed by atoms with van der Waals surface area (Å²) < 4.78 is 10.4. The zero-order valence-corrected chi connectivity index (χ0v) is 12.4. The minimum absolute atomic E-state index is 0.164. The van der Waals surface area contributed by atoms with Gasteiger partial charge in [0, 0.05) is 21.9 Å². The number of rotatable bonds is 4. The normalized spacial score (nSPS) is 10.3. The van der Waals surface area contributed by atoms with Gasteiger partial charge in [0.15, 0.2) is 0 Å². The molecule has 3 rings (SSSR count). The summed E-state index contributed by atoms with van der Waals surface area (Å²) in [5.41, 5.74) is 11.0. The lowest BCUT2D eigenvalue weighted by atomic mass is 9.97. The first-order valence-electron chi connectivity index (χ1n) is 6.94. The molecule has 0 saturated heterocycles. The van der Waals surface area contributed by atoms with Crippen molar-refractivity contribution in [1.82, 2.24) is 0 Å². The second-order valence-corrected chi connectivity index (χ2v) is 4.89. The van der Waals surface area contributed by atoms with Crippen LogP contribution < -0.4 is 10.4 Å². The van der Waals surface area contributed by atoms with E-state index in [4.69, 9.17) is 14.7 Å². The van der Waals surface area contributed by atoms with E-state index in [1.54, 1.807) is 25.3 Å². The number of azide groups is 1. The van der Waals surface area contributed by atoms with Crippen LogP contribution in [-0.4, -0.2) is 7.11 Å². The fourth-order valence-corrected chi connectivity index (χ4v) is 2.53. The number of nitrogens with zero attached hydrogens (tertiary/aromatic N) is 3. The van der Waals surface area contributed by atoms with Crippen LogP contribution in [0.5, 0.6) is 5.75 Å². The van der Waals surface area contributed by atoms with Gasteiger partial charge in [-0.1, -0.05) is 29.4 Å². The molecular weight excluding hydrogens is 294 g/mol. The molecule has 0 aliphatic carbocycles. The predicted molar refractivity (Wildman–Crippen MR) is 87.3 cm³/mol. The molecule has 114 valence electrons. The maximum atomic E-state index is 11.9. The molecule has 1 heterocycles. The van der Waals surface area contributed by atoms with Gasteiger partial charge < -0.3 is 9.15 Å². The predicted octanol–water partition coefficient (Wildman–Crippen LogP) is 4.28. The fourth-order valence-electron chi connectivity index (χ4n) is 2.53. The van der Waals surface area contributed by atoms with Gasteiger partial charge >= 0.3 is 5.63 Å². The van der Waals surface area contributed by atoms with Crippen molar-refractivity contribution in [2.45, 2.75) is 6.54 Å². The second kappa shape index (κ2) is 6.25. The van der Waals surface area contributed by atoms with Gasteiger partial charge in [-0.2, -0.15) is 0 Å². The van der Waals surface area contributed by atoms with Crippen LogP contribution in [0, 0.1) is 0 Å². The van der Waals surface area contributed by atoms with Crippen molar-refractivity contribution in [2.24, 2.45) is 5.11 Å². The number of hydrogen-bond donors (Lipinski definition) is 0. The largest absolute Gasteiger partial charge is 0.497 e. The van der Waals surface area contributed by atoms with Crippen LogP contribution >= 0.6 is 0 Å². The van der Waals surface area contributed by atoms with Crippen molar-refractivity contribution < 1.29 is 9.15 Å². The first-order chi connectivity index (χ1) is 11.2. The zero-order chi connectivity index (χ0) is 16.2. The van der Waals surface area contributed by atoms with Crippen molar-refractivity contribution >= 4 is 11.0 Å². The standard InChI is InChI=1S/C17H13N3O3/c1-22-12-6-7-13(11(8-12)10-19-20-18)15-9-17(21)23-16-5-3-2-4-14(15)16/h2-9H,10H2,1H3. The summed E-state index contributed by atoms with van der Waals surface area (Å²) in [6.07, 6.45) is 0. The molecule has 0 aliphatic rings. The second-order valence-electron chi connectivity index (χ2n) is 4.89. The highest BCUT2D eigenvalue weighted by Crippen LogP contribution is 2.32. The molecular formula is C17H13N3O3. The Labute approximate surface area is 131 Å². The maximum Gasteiger partial charge on any atom is 0.336 e. The summed E-state index contributed by atoms with van der Waals surface area (Å²) in [6, 6.07) is 14.2. The lowest BCUT2D eigenvalue weighted by Crippen LogP contribution is -2.00. The fraction of sp³-hybridized carbons (Fsp3) is 0.118. The molecule has 0 radical (unpaired) electrons. The van der Waals surface area contributed by atoms with Crippen molar-refractivity contribution in [1.29, 1.82) is 0 Å². The zero-order valence-electron chi connectivity index (χ0n) is 12.4. The molecule has 0 unspecified atom stereocenters. The first-order valence-corrected chi connectivity index (χ1v) is 6.94. The third-order valence-corrected chi connectivity index (χ3v) is 3.56. The highest BCUT2D eigenvalue weighted by molar-refractivity contribution is 5.94. The van der Waals surface area contributed by atoms with Crippen molar-refractivity contribution in [3.05, 3.63) is 75.0 Å². The Kier molecular flexibility index (Phi) is 3.99. The first kappa shape index (κ1) is 14.7. The lowest BCUT2D eigenvalue weighted by Gasteiger charge is -2.11. The Morgan fingerprint density at radius 3 is 2.78 bits per heavy atom. The molecule has 0 spiro atoms. The van der Waals surface area contributed by atoms with Crippen molar-refractivity contribution in [3.63, 3.8) is 0 Å². The third-order valence-electron chi connectivity index (χ3n) is 3.56. The van der Waals surface area contributed by atoms with E-state index in [0.717, 1.165) is 22.1 Å². The molecule has 6 nitrogen and oxygen atoms in total. The van der Waals surface area contributed by atoms with Crippen LogP contribution in [0.4, 0.5) is 0 Å². The van der Waals surface area contributed by atoms with E-state index in [9.17, 15) is 4.79 Å². The van der Waals surface area contributed by atoms with Gasteiger partial charge in [-0.3, -0.25) is 0 Å². The highest BCUT2D eigenvalue weighted by atomic mass is 16.5. The van der Waals surface area contributed by atoms with E-state index in [2.05, 4.69) is 10.0 Å². The van der Waals surface area contributed by atoms with E-state index >= 15 is 0 Å². The number of benzene rings is 2. The minimum atomic E-state index is -0.427. The topological polar surface area (TPSA) is 88.2 Å².